The molecular weight excluding hydrogens is 206 g/mol. The monoisotopic (exact) mass is 223 g/mol. The molecular formula is C8H17NO4S. The third-order valence-electron chi connectivity index (χ3n) is 2.18. The average molecular weight is 223 g/mol. The zero-order valence-corrected chi connectivity index (χ0v) is 9.30. The van der Waals surface area contributed by atoms with Crippen molar-refractivity contribution in [2.75, 3.05) is 6.26 Å². The molecule has 14 heavy (non-hydrogen) atoms. The van der Waals surface area contributed by atoms with Crippen molar-refractivity contribution >= 4 is 15.8 Å². The minimum Gasteiger partial charge on any atom is -0.479 e. The van der Waals surface area contributed by atoms with Gasteiger partial charge in [0.25, 0.3) is 0 Å². The van der Waals surface area contributed by atoms with Crippen LogP contribution < -0.4 is 5.73 Å². The Hall–Kier alpha value is -0.620. The maximum Gasteiger partial charge on any atom is 0.339 e. The minimum absolute atomic E-state index is 0.0327. The quantitative estimate of drug-likeness (QED) is 0.633. The number of nitrogens with two attached hydrogens (primary N) is 1. The lowest BCUT2D eigenvalue weighted by atomic mass is 10.1. The van der Waals surface area contributed by atoms with Crippen LogP contribution in [0.3, 0.4) is 0 Å². The Morgan fingerprint density at radius 3 is 2.21 bits per heavy atom. The average Bonchev–Trinajstić information content (AvgIpc) is 2.02. The van der Waals surface area contributed by atoms with Gasteiger partial charge in [-0.3, -0.25) is 0 Å². The SMILES string of the molecule is CCCCCC(N)(C(=O)O)S(C)(=O)=O. The van der Waals surface area contributed by atoms with Crippen LogP contribution in [0, 0.1) is 0 Å². The van der Waals surface area contributed by atoms with E-state index in [0.29, 0.717) is 6.42 Å². The zero-order valence-electron chi connectivity index (χ0n) is 8.49. The predicted octanol–water partition coefficient (Wildman–Crippen LogP) is 0.351. The van der Waals surface area contributed by atoms with E-state index in [2.05, 4.69) is 0 Å². The van der Waals surface area contributed by atoms with Gasteiger partial charge in [0.1, 0.15) is 0 Å². The van der Waals surface area contributed by atoms with Gasteiger partial charge < -0.3 is 10.8 Å². The van der Waals surface area contributed by atoms with E-state index in [9.17, 15) is 13.2 Å². The minimum atomic E-state index is -3.77. The van der Waals surface area contributed by atoms with E-state index in [-0.39, 0.29) is 6.42 Å². The van der Waals surface area contributed by atoms with Crippen LogP contribution in [0.5, 0.6) is 0 Å². The van der Waals surface area contributed by atoms with Gasteiger partial charge in [0.05, 0.1) is 0 Å². The highest BCUT2D eigenvalue weighted by Crippen LogP contribution is 2.18. The van der Waals surface area contributed by atoms with Crippen LogP contribution in [0.2, 0.25) is 0 Å². The van der Waals surface area contributed by atoms with Gasteiger partial charge in [0.15, 0.2) is 9.84 Å². The molecule has 1 unspecified atom stereocenters. The summed E-state index contributed by atoms with van der Waals surface area (Å²) in [7, 11) is -3.77. The van der Waals surface area contributed by atoms with E-state index in [4.69, 9.17) is 10.8 Å². The molecule has 0 spiro atoms. The normalized spacial score (nSPS) is 16.2. The first-order valence-corrected chi connectivity index (χ1v) is 6.36. The van der Waals surface area contributed by atoms with Crippen molar-refractivity contribution in [1.82, 2.24) is 0 Å². The molecule has 0 aromatic rings. The summed E-state index contributed by atoms with van der Waals surface area (Å²) in [6.45, 7) is 1.94. The molecule has 0 fully saturated rings. The van der Waals surface area contributed by atoms with E-state index in [1.807, 2.05) is 6.92 Å². The summed E-state index contributed by atoms with van der Waals surface area (Å²) in [5.74, 6) is -1.48. The van der Waals surface area contributed by atoms with Gasteiger partial charge in [0, 0.05) is 6.26 Å². The number of carboxylic acids is 1. The number of carbonyl (C=O) groups is 1. The molecule has 84 valence electrons. The Morgan fingerprint density at radius 2 is 1.93 bits per heavy atom. The van der Waals surface area contributed by atoms with E-state index < -0.39 is 20.7 Å². The molecule has 0 aliphatic heterocycles. The molecule has 0 heterocycles. The van der Waals surface area contributed by atoms with Crippen molar-refractivity contribution in [3.05, 3.63) is 0 Å². The van der Waals surface area contributed by atoms with E-state index in [0.717, 1.165) is 19.1 Å². The molecule has 0 saturated heterocycles. The number of rotatable bonds is 6. The molecule has 1 atom stereocenters. The van der Waals surface area contributed by atoms with Crippen LogP contribution >= 0.6 is 0 Å². The molecule has 0 bridgehead atoms. The summed E-state index contributed by atoms with van der Waals surface area (Å²) in [6.07, 6.45) is 3.00. The number of sulfone groups is 1. The third kappa shape index (κ3) is 2.95. The van der Waals surface area contributed by atoms with Crippen molar-refractivity contribution in [3.63, 3.8) is 0 Å². The summed E-state index contributed by atoms with van der Waals surface area (Å²) in [4.78, 5) is 8.64. The number of unbranched alkanes of at least 4 members (excludes halogenated alkanes) is 2. The zero-order chi connectivity index (χ0) is 11.4. The molecule has 5 nitrogen and oxygen atoms in total. The van der Waals surface area contributed by atoms with Gasteiger partial charge in [-0.05, 0) is 12.8 Å². The highest BCUT2D eigenvalue weighted by atomic mass is 32.2. The van der Waals surface area contributed by atoms with Crippen LogP contribution in [-0.4, -0.2) is 30.6 Å². The summed E-state index contributed by atoms with van der Waals surface area (Å²) < 4.78 is 22.4. The van der Waals surface area contributed by atoms with Crippen LogP contribution in [0.4, 0.5) is 0 Å². The molecule has 0 aromatic carbocycles. The highest BCUT2D eigenvalue weighted by Gasteiger charge is 2.43. The second kappa shape index (κ2) is 4.75. The molecule has 0 aromatic heterocycles. The van der Waals surface area contributed by atoms with Crippen molar-refractivity contribution in [2.45, 2.75) is 37.5 Å². The standard InChI is InChI=1S/C8H17NO4S/c1-3-4-5-6-8(9,7(10)11)14(2,12)13/h3-6,9H2,1-2H3,(H,10,11). The Labute approximate surface area is 84.2 Å². The summed E-state index contributed by atoms with van der Waals surface area (Å²) >= 11 is 0. The van der Waals surface area contributed by atoms with Crippen LogP contribution in [0.25, 0.3) is 0 Å². The lowest BCUT2D eigenvalue weighted by molar-refractivity contribution is -0.140. The smallest absolute Gasteiger partial charge is 0.339 e. The molecule has 0 amide bonds. The second-order valence-electron chi connectivity index (χ2n) is 3.42. The lowest BCUT2D eigenvalue weighted by Gasteiger charge is -2.22. The maximum absolute atomic E-state index is 11.2. The Morgan fingerprint density at radius 1 is 1.43 bits per heavy atom. The first-order valence-electron chi connectivity index (χ1n) is 4.47. The number of carboxylic acid groups (broad SMARTS) is 1. The second-order valence-corrected chi connectivity index (χ2v) is 5.70. The largest absolute Gasteiger partial charge is 0.479 e. The van der Waals surface area contributed by atoms with E-state index in [1.54, 1.807) is 0 Å². The number of hydrogen-bond acceptors (Lipinski definition) is 4. The Balaban J connectivity index is 4.68. The van der Waals surface area contributed by atoms with Crippen molar-refractivity contribution in [2.24, 2.45) is 5.73 Å². The van der Waals surface area contributed by atoms with Gasteiger partial charge in [0.2, 0.25) is 4.87 Å². The first kappa shape index (κ1) is 13.4. The molecule has 0 saturated carbocycles. The van der Waals surface area contributed by atoms with E-state index in [1.165, 1.54) is 0 Å². The molecule has 6 heteroatoms. The van der Waals surface area contributed by atoms with Crippen molar-refractivity contribution in [3.8, 4) is 0 Å². The predicted molar refractivity (Wildman–Crippen MR) is 53.5 cm³/mol. The number of hydrogen-bond donors (Lipinski definition) is 2. The Kier molecular flexibility index (Phi) is 4.54. The van der Waals surface area contributed by atoms with Gasteiger partial charge >= 0.3 is 5.97 Å². The fraction of sp³-hybridized carbons (Fsp3) is 0.875. The number of aliphatic carboxylic acids is 1. The van der Waals surface area contributed by atoms with Crippen molar-refractivity contribution in [1.29, 1.82) is 0 Å². The van der Waals surface area contributed by atoms with Crippen LogP contribution in [0.15, 0.2) is 0 Å². The maximum atomic E-state index is 11.2. The van der Waals surface area contributed by atoms with Crippen LogP contribution in [-0.2, 0) is 14.6 Å². The van der Waals surface area contributed by atoms with Gasteiger partial charge in [-0.25, -0.2) is 13.2 Å². The molecule has 3 N–H and O–H groups in total. The summed E-state index contributed by atoms with van der Waals surface area (Å²) in [5, 5.41) is 8.76. The molecule has 0 rings (SSSR count). The first-order chi connectivity index (χ1) is 6.25. The highest BCUT2D eigenvalue weighted by molar-refractivity contribution is 7.92. The third-order valence-corrected chi connectivity index (χ3v) is 3.88. The molecule has 0 aliphatic carbocycles. The van der Waals surface area contributed by atoms with E-state index >= 15 is 0 Å². The topological polar surface area (TPSA) is 97.5 Å². The molecule has 0 radical (unpaired) electrons. The molecule has 0 aliphatic rings. The van der Waals surface area contributed by atoms with Gasteiger partial charge in [-0.1, -0.05) is 19.8 Å². The van der Waals surface area contributed by atoms with Crippen LogP contribution in [0.1, 0.15) is 32.6 Å². The van der Waals surface area contributed by atoms with Gasteiger partial charge in [-0.15, -0.1) is 0 Å². The fourth-order valence-corrected chi connectivity index (χ4v) is 1.92. The summed E-state index contributed by atoms with van der Waals surface area (Å²) in [5.41, 5.74) is 5.37. The fourth-order valence-electron chi connectivity index (χ4n) is 1.09. The van der Waals surface area contributed by atoms with Crippen molar-refractivity contribution < 1.29 is 18.3 Å². The Bertz CT molecular complexity index is 298. The summed E-state index contributed by atoms with van der Waals surface area (Å²) in [6, 6.07) is 0. The van der Waals surface area contributed by atoms with Gasteiger partial charge in [-0.2, -0.15) is 0 Å². The lowest BCUT2D eigenvalue weighted by Crippen LogP contribution is -2.54.